The van der Waals surface area contributed by atoms with Crippen LogP contribution >= 0.6 is 0 Å². The van der Waals surface area contributed by atoms with E-state index in [-0.39, 0.29) is 5.92 Å². The Morgan fingerprint density at radius 3 is 3.06 bits per heavy atom. The standard InChI is InChI=1S/C11H16N2O3/c1-8(11(14)15)3-5-12-9-4-6-13-10(7-9)16-2/h4,6-8H,3,5H2,1-2H3,(H,12,13)(H,14,15). The number of nitrogens with zero attached hydrogens (tertiary/aromatic N) is 1. The lowest BCUT2D eigenvalue weighted by Crippen LogP contribution is -2.14. The van der Waals surface area contributed by atoms with E-state index in [9.17, 15) is 4.79 Å². The highest BCUT2D eigenvalue weighted by Gasteiger charge is 2.09. The van der Waals surface area contributed by atoms with Crippen molar-refractivity contribution in [3.05, 3.63) is 18.3 Å². The fourth-order valence-electron chi connectivity index (χ4n) is 1.19. The molecule has 0 saturated carbocycles. The molecule has 0 aliphatic carbocycles. The number of ether oxygens (including phenoxy) is 1. The summed E-state index contributed by atoms with van der Waals surface area (Å²) >= 11 is 0. The minimum atomic E-state index is -0.769. The van der Waals surface area contributed by atoms with Crippen molar-refractivity contribution in [2.75, 3.05) is 19.0 Å². The predicted octanol–water partition coefficient (Wildman–Crippen LogP) is 1.61. The monoisotopic (exact) mass is 224 g/mol. The lowest BCUT2D eigenvalue weighted by molar-refractivity contribution is -0.141. The number of rotatable bonds is 6. The largest absolute Gasteiger partial charge is 0.481 e. The van der Waals surface area contributed by atoms with Gasteiger partial charge in [-0.3, -0.25) is 4.79 Å². The Morgan fingerprint density at radius 1 is 1.69 bits per heavy atom. The van der Waals surface area contributed by atoms with E-state index in [1.54, 1.807) is 26.3 Å². The molecule has 1 unspecified atom stereocenters. The molecule has 1 atom stereocenters. The van der Waals surface area contributed by atoms with Crippen molar-refractivity contribution in [2.24, 2.45) is 5.92 Å². The van der Waals surface area contributed by atoms with Crippen LogP contribution in [0.15, 0.2) is 18.3 Å². The van der Waals surface area contributed by atoms with Gasteiger partial charge < -0.3 is 15.2 Å². The Bertz CT molecular complexity index is 355. The van der Waals surface area contributed by atoms with Crippen molar-refractivity contribution in [3.63, 3.8) is 0 Å². The highest BCUT2D eigenvalue weighted by Crippen LogP contribution is 2.13. The van der Waals surface area contributed by atoms with Crippen LogP contribution in [-0.4, -0.2) is 29.7 Å². The Balaban J connectivity index is 2.39. The Kier molecular flexibility index (Phi) is 4.57. The molecule has 1 aromatic rings. The minimum absolute atomic E-state index is 0.337. The van der Waals surface area contributed by atoms with Gasteiger partial charge in [-0.1, -0.05) is 6.92 Å². The maximum absolute atomic E-state index is 10.6. The van der Waals surface area contributed by atoms with Crippen LogP contribution in [0.5, 0.6) is 5.88 Å². The van der Waals surface area contributed by atoms with Gasteiger partial charge in [0.2, 0.25) is 5.88 Å². The number of anilines is 1. The molecule has 0 aliphatic heterocycles. The number of nitrogens with one attached hydrogen (secondary N) is 1. The molecule has 16 heavy (non-hydrogen) atoms. The van der Waals surface area contributed by atoms with E-state index in [0.717, 1.165) is 5.69 Å². The Labute approximate surface area is 94.5 Å². The van der Waals surface area contributed by atoms with Gasteiger partial charge in [0.15, 0.2) is 0 Å². The highest BCUT2D eigenvalue weighted by atomic mass is 16.5. The zero-order chi connectivity index (χ0) is 12.0. The van der Waals surface area contributed by atoms with E-state index in [4.69, 9.17) is 9.84 Å². The molecule has 0 bridgehead atoms. The topological polar surface area (TPSA) is 71.5 Å². The molecule has 0 spiro atoms. The number of methoxy groups -OCH3 is 1. The molecule has 1 rings (SSSR count). The Morgan fingerprint density at radius 2 is 2.44 bits per heavy atom. The minimum Gasteiger partial charge on any atom is -0.481 e. The maximum Gasteiger partial charge on any atom is 0.306 e. The van der Waals surface area contributed by atoms with E-state index >= 15 is 0 Å². The fourth-order valence-corrected chi connectivity index (χ4v) is 1.19. The molecule has 5 heteroatoms. The van der Waals surface area contributed by atoms with Crippen LogP contribution in [0.2, 0.25) is 0 Å². The molecule has 0 radical (unpaired) electrons. The highest BCUT2D eigenvalue weighted by molar-refractivity contribution is 5.69. The number of hydrogen-bond acceptors (Lipinski definition) is 4. The summed E-state index contributed by atoms with van der Waals surface area (Å²) in [5.41, 5.74) is 0.879. The molecule has 2 N–H and O–H groups in total. The number of pyridine rings is 1. The first-order valence-corrected chi connectivity index (χ1v) is 5.10. The van der Waals surface area contributed by atoms with Crippen molar-refractivity contribution in [2.45, 2.75) is 13.3 Å². The lowest BCUT2D eigenvalue weighted by Gasteiger charge is -2.09. The molecule has 0 aromatic carbocycles. The van der Waals surface area contributed by atoms with Gasteiger partial charge in [0.05, 0.1) is 13.0 Å². The zero-order valence-electron chi connectivity index (χ0n) is 9.43. The smallest absolute Gasteiger partial charge is 0.306 e. The maximum atomic E-state index is 10.6. The summed E-state index contributed by atoms with van der Waals surface area (Å²) < 4.78 is 4.98. The number of aromatic nitrogens is 1. The van der Waals surface area contributed by atoms with Gasteiger partial charge in [-0.15, -0.1) is 0 Å². The third-order valence-electron chi connectivity index (χ3n) is 2.27. The summed E-state index contributed by atoms with van der Waals surface area (Å²) in [7, 11) is 1.55. The molecule has 0 aliphatic rings. The number of aliphatic carboxylic acids is 1. The van der Waals surface area contributed by atoms with Crippen molar-refractivity contribution in [3.8, 4) is 5.88 Å². The molecular weight excluding hydrogens is 208 g/mol. The summed E-state index contributed by atoms with van der Waals surface area (Å²) in [5.74, 6) is -0.568. The van der Waals surface area contributed by atoms with Gasteiger partial charge in [-0.05, 0) is 12.5 Å². The third-order valence-corrected chi connectivity index (χ3v) is 2.27. The first-order valence-electron chi connectivity index (χ1n) is 5.10. The first kappa shape index (κ1) is 12.3. The summed E-state index contributed by atoms with van der Waals surface area (Å²) in [5, 5.41) is 11.8. The normalized spacial score (nSPS) is 11.9. The Hall–Kier alpha value is -1.78. The van der Waals surface area contributed by atoms with E-state index in [1.165, 1.54) is 0 Å². The molecule has 1 aromatic heterocycles. The lowest BCUT2D eigenvalue weighted by atomic mass is 10.1. The van der Waals surface area contributed by atoms with Gasteiger partial charge >= 0.3 is 5.97 Å². The van der Waals surface area contributed by atoms with Crippen LogP contribution in [0.3, 0.4) is 0 Å². The van der Waals surface area contributed by atoms with Crippen molar-refractivity contribution >= 4 is 11.7 Å². The summed E-state index contributed by atoms with van der Waals surface area (Å²) in [6.45, 7) is 2.30. The van der Waals surface area contributed by atoms with Crippen LogP contribution < -0.4 is 10.1 Å². The summed E-state index contributed by atoms with van der Waals surface area (Å²) in [4.78, 5) is 14.6. The van der Waals surface area contributed by atoms with Gasteiger partial charge in [0, 0.05) is 24.5 Å². The van der Waals surface area contributed by atoms with Gasteiger partial charge in [0.25, 0.3) is 0 Å². The number of hydrogen-bond donors (Lipinski definition) is 2. The second kappa shape index (κ2) is 5.95. The molecule has 88 valence electrons. The molecule has 5 nitrogen and oxygen atoms in total. The molecule has 0 amide bonds. The molecule has 0 saturated heterocycles. The van der Waals surface area contributed by atoms with Crippen LogP contribution in [0.4, 0.5) is 5.69 Å². The average Bonchev–Trinajstić information content (AvgIpc) is 2.29. The molecule has 0 fully saturated rings. The summed E-state index contributed by atoms with van der Waals surface area (Å²) in [6, 6.07) is 3.58. The third kappa shape index (κ3) is 3.76. The van der Waals surface area contributed by atoms with Crippen molar-refractivity contribution in [1.29, 1.82) is 0 Å². The average molecular weight is 224 g/mol. The fraction of sp³-hybridized carbons (Fsp3) is 0.455. The number of carboxylic acid groups (broad SMARTS) is 1. The van der Waals surface area contributed by atoms with E-state index in [1.807, 2.05) is 6.07 Å². The van der Waals surface area contributed by atoms with E-state index in [0.29, 0.717) is 18.8 Å². The van der Waals surface area contributed by atoms with Gasteiger partial charge in [-0.25, -0.2) is 4.98 Å². The van der Waals surface area contributed by atoms with E-state index < -0.39 is 5.97 Å². The van der Waals surface area contributed by atoms with Gasteiger partial charge in [0.1, 0.15) is 0 Å². The second-order valence-electron chi connectivity index (χ2n) is 3.54. The van der Waals surface area contributed by atoms with E-state index in [2.05, 4.69) is 10.3 Å². The summed E-state index contributed by atoms with van der Waals surface area (Å²) in [6.07, 6.45) is 2.22. The van der Waals surface area contributed by atoms with Crippen molar-refractivity contribution < 1.29 is 14.6 Å². The number of carbonyl (C=O) groups is 1. The SMILES string of the molecule is COc1cc(NCCC(C)C(=O)O)ccn1. The van der Waals surface area contributed by atoms with Crippen LogP contribution in [0, 0.1) is 5.92 Å². The zero-order valence-corrected chi connectivity index (χ0v) is 9.43. The van der Waals surface area contributed by atoms with Gasteiger partial charge in [-0.2, -0.15) is 0 Å². The number of carboxylic acids is 1. The first-order chi connectivity index (χ1) is 7.63. The molecular formula is C11H16N2O3. The van der Waals surface area contributed by atoms with Crippen LogP contribution in [-0.2, 0) is 4.79 Å². The second-order valence-corrected chi connectivity index (χ2v) is 3.54. The van der Waals surface area contributed by atoms with Crippen molar-refractivity contribution in [1.82, 2.24) is 4.98 Å². The van der Waals surface area contributed by atoms with Crippen LogP contribution in [0.1, 0.15) is 13.3 Å². The quantitative estimate of drug-likeness (QED) is 0.768. The molecule has 1 heterocycles. The predicted molar refractivity (Wildman–Crippen MR) is 60.7 cm³/mol. The van der Waals surface area contributed by atoms with Crippen LogP contribution in [0.25, 0.3) is 0 Å².